The number of carbonyl (C=O) groups is 1. The van der Waals surface area contributed by atoms with E-state index in [2.05, 4.69) is 41.0 Å². The molecule has 4 rings (SSSR count). The van der Waals surface area contributed by atoms with Gasteiger partial charge in [-0.25, -0.2) is 0 Å². The monoisotopic (exact) mass is 328 g/mol. The SMILES string of the molecule is Cc1cccc([C@@H]2C[C@@H]2C(=O)N2CCN([C@@H]3CCC[C@H]3O)CC2)c1. The number of aliphatic hydroxyl groups excluding tert-OH is 1. The van der Waals surface area contributed by atoms with Crippen molar-refractivity contribution in [3.8, 4) is 0 Å². The molecule has 1 aliphatic heterocycles. The Kier molecular flexibility index (Phi) is 4.35. The van der Waals surface area contributed by atoms with E-state index in [0.29, 0.717) is 17.9 Å². The van der Waals surface area contributed by atoms with E-state index in [1.54, 1.807) is 0 Å². The molecule has 0 bridgehead atoms. The largest absolute Gasteiger partial charge is 0.391 e. The van der Waals surface area contributed by atoms with Crippen LogP contribution in [0.1, 0.15) is 42.7 Å². The minimum atomic E-state index is -0.165. The zero-order valence-corrected chi connectivity index (χ0v) is 14.5. The van der Waals surface area contributed by atoms with Crippen LogP contribution in [0.25, 0.3) is 0 Å². The highest BCUT2D eigenvalue weighted by Gasteiger charge is 2.46. The number of nitrogens with zero attached hydrogens (tertiary/aromatic N) is 2. The number of hydrogen-bond acceptors (Lipinski definition) is 3. The van der Waals surface area contributed by atoms with Crippen molar-refractivity contribution in [2.75, 3.05) is 26.2 Å². The van der Waals surface area contributed by atoms with Gasteiger partial charge in [-0.05, 0) is 44.1 Å². The van der Waals surface area contributed by atoms with Crippen LogP contribution < -0.4 is 0 Å². The molecular formula is C20H28N2O2. The topological polar surface area (TPSA) is 43.8 Å². The highest BCUT2D eigenvalue weighted by molar-refractivity contribution is 5.83. The van der Waals surface area contributed by atoms with Crippen molar-refractivity contribution < 1.29 is 9.90 Å². The molecule has 3 fully saturated rings. The van der Waals surface area contributed by atoms with Crippen molar-refractivity contribution in [2.24, 2.45) is 5.92 Å². The Morgan fingerprint density at radius 1 is 1.17 bits per heavy atom. The lowest BCUT2D eigenvalue weighted by Crippen LogP contribution is -2.54. The first-order chi connectivity index (χ1) is 11.6. The van der Waals surface area contributed by atoms with Crippen LogP contribution in [0.2, 0.25) is 0 Å². The number of aryl methyl sites for hydroxylation is 1. The quantitative estimate of drug-likeness (QED) is 0.925. The summed E-state index contributed by atoms with van der Waals surface area (Å²) >= 11 is 0. The van der Waals surface area contributed by atoms with Gasteiger partial charge in [0.05, 0.1) is 6.10 Å². The Morgan fingerprint density at radius 3 is 2.62 bits per heavy atom. The molecule has 3 aliphatic rings. The third-order valence-corrected chi connectivity index (χ3v) is 6.12. The number of amides is 1. The molecule has 24 heavy (non-hydrogen) atoms. The molecule has 0 spiro atoms. The van der Waals surface area contributed by atoms with Gasteiger partial charge in [-0.1, -0.05) is 29.8 Å². The Morgan fingerprint density at radius 2 is 1.96 bits per heavy atom. The molecule has 1 aromatic carbocycles. The van der Waals surface area contributed by atoms with Crippen LogP contribution in [-0.4, -0.2) is 59.1 Å². The van der Waals surface area contributed by atoms with E-state index in [9.17, 15) is 9.90 Å². The highest BCUT2D eigenvalue weighted by Crippen LogP contribution is 2.48. The van der Waals surface area contributed by atoms with Gasteiger partial charge >= 0.3 is 0 Å². The highest BCUT2D eigenvalue weighted by atomic mass is 16.3. The summed E-state index contributed by atoms with van der Waals surface area (Å²) in [6, 6.07) is 8.90. The van der Waals surface area contributed by atoms with Crippen LogP contribution in [0.4, 0.5) is 0 Å². The molecular weight excluding hydrogens is 300 g/mol. The maximum absolute atomic E-state index is 12.8. The third kappa shape index (κ3) is 3.09. The fourth-order valence-electron chi connectivity index (χ4n) is 4.59. The Bertz CT molecular complexity index is 609. The van der Waals surface area contributed by atoms with Gasteiger partial charge in [0.2, 0.25) is 5.91 Å². The maximum Gasteiger partial charge on any atom is 0.226 e. The number of piperazine rings is 1. The first-order valence-electron chi connectivity index (χ1n) is 9.41. The summed E-state index contributed by atoms with van der Waals surface area (Å²) < 4.78 is 0. The Hall–Kier alpha value is -1.39. The second-order valence-electron chi connectivity index (χ2n) is 7.79. The molecule has 130 valence electrons. The number of hydrogen-bond donors (Lipinski definition) is 1. The van der Waals surface area contributed by atoms with Gasteiger partial charge in [0.15, 0.2) is 0 Å². The van der Waals surface area contributed by atoms with Crippen LogP contribution in [0.15, 0.2) is 24.3 Å². The minimum absolute atomic E-state index is 0.165. The predicted octanol–water partition coefficient (Wildman–Crippen LogP) is 2.16. The van der Waals surface area contributed by atoms with Crippen molar-refractivity contribution in [3.05, 3.63) is 35.4 Å². The summed E-state index contributed by atoms with van der Waals surface area (Å²) in [6.45, 7) is 5.57. The summed E-state index contributed by atoms with van der Waals surface area (Å²) in [5.74, 6) is 0.954. The molecule has 2 aliphatic carbocycles. The minimum Gasteiger partial charge on any atom is -0.391 e. The summed E-state index contributed by atoms with van der Waals surface area (Å²) in [5, 5.41) is 10.1. The molecule has 4 heteroatoms. The Labute approximate surface area is 144 Å². The summed E-state index contributed by atoms with van der Waals surface area (Å²) in [4.78, 5) is 17.2. The third-order valence-electron chi connectivity index (χ3n) is 6.12. The molecule has 1 heterocycles. The molecule has 0 aromatic heterocycles. The summed E-state index contributed by atoms with van der Waals surface area (Å²) in [5.41, 5.74) is 2.59. The first kappa shape index (κ1) is 16.1. The van der Waals surface area contributed by atoms with E-state index in [0.717, 1.165) is 51.9 Å². The number of carbonyl (C=O) groups excluding carboxylic acids is 1. The van der Waals surface area contributed by atoms with E-state index in [4.69, 9.17) is 0 Å². The van der Waals surface area contributed by atoms with Crippen molar-refractivity contribution in [1.82, 2.24) is 9.80 Å². The second kappa shape index (κ2) is 6.49. The van der Waals surface area contributed by atoms with Crippen molar-refractivity contribution >= 4 is 5.91 Å². The van der Waals surface area contributed by atoms with Gasteiger partial charge < -0.3 is 10.0 Å². The van der Waals surface area contributed by atoms with Gasteiger partial charge in [-0.3, -0.25) is 9.69 Å². The smallest absolute Gasteiger partial charge is 0.226 e. The molecule has 4 nitrogen and oxygen atoms in total. The van der Waals surface area contributed by atoms with Crippen molar-refractivity contribution in [3.63, 3.8) is 0 Å². The molecule has 4 atom stereocenters. The molecule has 0 radical (unpaired) electrons. The van der Waals surface area contributed by atoms with E-state index in [1.807, 2.05) is 0 Å². The van der Waals surface area contributed by atoms with Gasteiger partial charge in [-0.2, -0.15) is 0 Å². The average Bonchev–Trinajstić information content (AvgIpc) is 3.29. The Balaban J connectivity index is 1.31. The van der Waals surface area contributed by atoms with Gasteiger partial charge in [0, 0.05) is 38.1 Å². The zero-order valence-electron chi connectivity index (χ0n) is 14.5. The van der Waals surface area contributed by atoms with Crippen LogP contribution in [0, 0.1) is 12.8 Å². The van der Waals surface area contributed by atoms with Gasteiger partial charge in [0.1, 0.15) is 0 Å². The maximum atomic E-state index is 12.8. The molecule has 2 saturated carbocycles. The normalized spacial score (nSPS) is 33.7. The lowest BCUT2D eigenvalue weighted by Gasteiger charge is -2.39. The second-order valence-corrected chi connectivity index (χ2v) is 7.79. The lowest BCUT2D eigenvalue weighted by molar-refractivity contribution is -0.135. The number of benzene rings is 1. The zero-order chi connectivity index (χ0) is 16.7. The van der Waals surface area contributed by atoms with Crippen LogP contribution in [0.5, 0.6) is 0 Å². The number of rotatable bonds is 3. The standard InChI is InChI=1S/C20H28N2O2/c1-14-4-2-5-15(12-14)16-13-17(16)20(24)22-10-8-21(9-11-22)18-6-3-7-19(18)23/h2,4-5,12,16-19,23H,3,6-11,13H2,1H3/t16-,17-,18+,19+/m0/s1. The first-order valence-corrected chi connectivity index (χ1v) is 9.41. The van der Waals surface area contributed by atoms with E-state index >= 15 is 0 Å². The van der Waals surface area contributed by atoms with E-state index in [-0.39, 0.29) is 12.0 Å². The van der Waals surface area contributed by atoms with Crippen LogP contribution in [-0.2, 0) is 4.79 Å². The van der Waals surface area contributed by atoms with Crippen molar-refractivity contribution in [2.45, 2.75) is 50.7 Å². The number of aliphatic hydroxyl groups is 1. The van der Waals surface area contributed by atoms with Gasteiger partial charge in [-0.15, -0.1) is 0 Å². The lowest BCUT2D eigenvalue weighted by atomic mass is 10.1. The van der Waals surface area contributed by atoms with E-state index in [1.165, 1.54) is 11.1 Å². The van der Waals surface area contributed by atoms with Gasteiger partial charge in [0.25, 0.3) is 0 Å². The fraction of sp³-hybridized carbons (Fsp3) is 0.650. The van der Waals surface area contributed by atoms with Crippen LogP contribution >= 0.6 is 0 Å². The predicted molar refractivity (Wildman–Crippen MR) is 93.8 cm³/mol. The molecule has 1 aromatic rings. The molecule has 0 unspecified atom stereocenters. The summed E-state index contributed by atoms with van der Waals surface area (Å²) in [6.07, 6.45) is 4.01. The molecule has 1 saturated heterocycles. The fourth-order valence-corrected chi connectivity index (χ4v) is 4.59. The van der Waals surface area contributed by atoms with E-state index < -0.39 is 0 Å². The summed E-state index contributed by atoms with van der Waals surface area (Å²) in [7, 11) is 0. The van der Waals surface area contributed by atoms with Crippen LogP contribution in [0.3, 0.4) is 0 Å². The average molecular weight is 328 g/mol. The van der Waals surface area contributed by atoms with Crippen molar-refractivity contribution in [1.29, 1.82) is 0 Å². The molecule has 1 N–H and O–H groups in total. The molecule has 1 amide bonds.